The zero-order valence-electron chi connectivity index (χ0n) is 25.3. The van der Waals surface area contributed by atoms with Crippen LogP contribution in [0.25, 0.3) is 11.0 Å². The molecule has 4 aromatic carbocycles. The van der Waals surface area contributed by atoms with Gasteiger partial charge in [0, 0.05) is 23.7 Å². The molecular formula is C38H37N5O2. The highest BCUT2D eigenvalue weighted by Crippen LogP contribution is 2.26. The Morgan fingerprint density at radius 2 is 1.51 bits per heavy atom. The van der Waals surface area contributed by atoms with E-state index < -0.39 is 6.04 Å². The van der Waals surface area contributed by atoms with Crippen molar-refractivity contribution in [1.29, 1.82) is 0 Å². The molecule has 7 nitrogen and oxygen atoms in total. The van der Waals surface area contributed by atoms with Crippen LogP contribution in [0.4, 0.5) is 0 Å². The number of para-hydroxylation sites is 1. The van der Waals surface area contributed by atoms with Crippen LogP contribution < -0.4 is 5.32 Å². The number of hydrogen-bond acceptors (Lipinski definition) is 4. The summed E-state index contributed by atoms with van der Waals surface area (Å²) in [6.45, 7) is 0.328. The molecule has 0 aliphatic heterocycles. The Kier molecular flexibility index (Phi) is 9.61. The van der Waals surface area contributed by atoms with E-state index in [0.717, 1.165) is 59.0 Å². The summed E-state index contributed by atoms with van der Waals surface area (Å²) in [5.41, 5.74) is 5.01. The molecule has 2 amide bonds. The van der Waals surface area contributed by atoms with E-state index in [-0.39, 0.29) is 24.4 Å². The molecule has 6 rings (SSSR count). The average molecular weight is 596 g/mol. The molecule has 5 aromatic rings. The maximum absolute atomic E-state index is 14.3. The van der Waals surface area contributed by atoms with Gasteiger partial charge in [0.1, 0.15) is 18.1 Å². The van der Waals surface area contributed by atoms with Crippen LogP contribution >= 0.6 is 0 Å². The Balaban J connectivity index is 1.36. The van der Waals surface area contributed by atoms with Gasteiger partial charge in [-0.15, -0.1) is 5.10 Å². The Labute approximate surface area is 264 Å². The van der Waals surface area contributed by atoms with E-state index in [1.54, 1.807) is 9.58 Å². The quantitative estimate of drug-likeness (QED) is 0.209. The summed E-state index contributed by atoms with van der Waals surface area (Å²) in [5.74, 6) is 6.10. The topological polar surface area (TPSA) is 80.1 Å². The Morgan fingerprint density at radius 1 is 0.822 bits per heavy atom. The molecule has 0 radical (unpaired) electrons. The third kappa shape index (κ3) is 7.66. The maximum atomic E-state index is 14.3. The fourth-order valence-corrected chi connectivity index (χ4v) is 6.00. The maximum Gasteiger partial charge on any atom is 0.247 e. The number of rotatable bonds is 9. The molecule has 0 bridgehead atoms. The van der Waals surface area contributed by atoms with E-state index in [1.165, 1.54) is 6.42 Å². The van der Waals surface area contributed by atoms with Gasteiger partial charge in [-0.1, -0.05) is 109 Å². The molecule has 45 heavy (non-hydrogen) atoms. The van der Waals surface area contributed by atoms with Gasteiger partial charge in [0.25, 0.3) is 0 Å². The molecule has 0 saturated heterocycles. The summed E-state index contributed by atoms with van der Waals surface area (Å²) in [7, 11) is 0. The Bertz CT molecular complexity index is 1800. The largest absolute Gasteiger partial charge is 0.351 e. The van der Waals surface area contributed by atoms with Crippen LogP contribution in [-0.2, 0) is 22.6 Å². The Hall–Kier alpha value is -5.22. The van der Waals surface area contributed by atoms with Crippen LogP contribution in [0.15, 0.2) is 109 Å². The third-order valence-electron chi connectivity index (χ3n) is 8.35. The van der Waals surface area contributed by atoms with Crippen molar-refractivity contribution in [2.24, 2.45) is 0 Å². The normalized spacial score (nSPS) is 13.9. The number of aromatic nitrogens is 3. The molecule has 226 valence electrons. The zero-order valence-corrected chi connectivity index (χ0v) is 25.3. The lowest BCUT2D eigenvalue weighted by atomic mass is 9.94. The van der Waals surface area contributed by atoms with Crippen LogP contribution in [0.5, 0.6) is 0 Å². The molecule has 1 saturated carbocycles. The summed E-state index contributed by atoms with van der Waals surface area (Å²) in [6, 6.07) is 34.4. The minimum Gasteiger partial charge on any atom is -0.351 e. The zero-order chi connectivity index (χ0) is 30.8. The van der Waals surface area contributed by atoms with Gasteiger partial charge < -0.3 is 10.2 Å². The highest BCUT2D eigenvalue weighted by Gasteiger charge is 2.33. The number of carbonyl (C=O) groups excluding carboxylic acids is 2. The molecule has 1 fully saturated rings. The van der Waals surface area contributed by atoms with Gasteiger partial charge >= 0.3 is 0 Å². The van der Waals surface area contributed by atoms with Crippen molar-refractivity contribution >= 4 is 22.8 Å². The molecule has 1 heterocycles. The first-order chi connectivity index (χ1) is 22.1. The van der Waals surface area contributed by atoms with E-state index >= 15 is 0 Å². The van der Waals surface area contributed by atoms with E-state index in [0.29, 0.717) is 13.0 Å². The lowest BCUT2D eigenvalue weighted by molar-refractivity contribution is -0.141. The summed E-state index contributed by atoms with van der Waals surface area (Å²) >= 11 is 0. The number of hydrogen-bond donors (Lipinski definition) is 1. The lowest BCUT2D eigenvalue weighted by Crippen LogP contribution is -2.48. The van der Waals surface area contributed by atoms with Gasteiger partial charge in [-0.25, -0.2) is 4.68 Å². The fourth-order valence-electron chi connectivity index (χ4n) is 6.00. The predicted molar refractivity (Wildman–Crippen MR) is 176 cm³/mol. The summed E-state index contributed by atoms with van der Waals surface area (Å²) < 4.78 is 1.62. The number of amides is 2. The van der Waals surface area contributed by atoms with Crippen molar-refractivity contribution in [2.75, 3.05) is 6.54 Å². The minimum absolute atomic E-state index is 0.0317. The van der Waals surface area contributed by atoms with Crippen molar-refractivity contribution in [1.82, 2.24) is 25.2 Å². The van der Waals surface area contributed by atoms with Gasteiger partial charge in [-0.3, -0.25) is 9.59 Å². The molecule has 1 aliphatic rings. The summed E-state index contributed by atoms with van der Waals surface area (Å²) in [4.78, 5) is 30.3. The predicted octanol–water partition coefficient (Wildman–Crippen LogP) is 6.09. The smallest absolute Gasteiger partial charge is 0.247 e. The van der Waals surface area contributed by atoms with Crippen molar-refractivity contribution in [3.05, 3.63) is 131 Å². The molecule has 1 aliphatic carbocycles. The average Bonchev–Trinajstić information content (AvgIpc) is 3.49. The molecule has 1 atom stereocenters. The van der Waals surface area contributed by atoms with E-state index in [2.05, 4.69) is 27.5 Å². The van der Waals surface area contributed by atoms with Crippen LogP contribution in [-0.4, -0.2) is 44.3 Å². The number of nitrogens with one attached hydrogen (secondary N) is 1. The monoisotopic (exact) mass is 595 g/mol. The van der Waals surface area contributed by atoms with Gasteiger partial charge in [-0.2, -0.15) is 0 Å². The second-order valence-electron chi connectivity index (χ2n) is 11.5. The summed E-state index contributed by atoms with van der Waals surface area (Å²) in [6.07, 6.45) is 5.87. The van der Waals surface area contributed by atoms with Crippen LogP contribution in [0.3, 0.4) is 0 Å². The van der Waals surface area contributed by atoms with E-state index in [1.807, 2.05) is 109 Å². The van der Waals surface area contributed by atoms with Crippen molar-refractivity contribution in [3.63, 3.8) is 0 Å². The second kappa shape index (κ2) is 14.5. The highest BCUT2D eigenvalue weighted by molar-refractivity contribution is 5.89. The molecule has 7 heteroatoms. The van der Waals surface area contributed by atoms with Gasteiger partial charge in [0.15, 0.2) is 0 Å². The molecule has 0 spiro atoms. The molecule has 1 aromatic heterocycles. The first kappa shape index (κ1) is 29.8. The molecular weight excluding hydrogens is 558 g/mol. The number of benzene rings is 4. The van der Waals surface area contributed by atoms with Crippen LogP contribution in [0.1, 0.15) is 60.4 Å². The van der Waals surface area contributed by atoms with E-state index in [4.69, 9.17) is 0 Å². The third-order valence-corrected chi connectivity index (χ3v) is 8.35. The van der Waals surface area contributed by atoms with Crippen molar-refractivity contribution in [3.8, 4) is 11.8 Å². The Morgan fingerprint density at radius 3 is 2.31 bits per heavy atom. The molecule has 1 unspecified atom stereocenters. The first-order valence-electron chi connectivity index (χ1n) is 15.7. The molecule has 1 N–H and O–H groups in total. The van der Waals surface area contributed by atoms with E-state index in [9.17, 15) is 9.59 Å². The number of nitrogens with zero attached hydrogens (tertiary/aromatic N) is 4. The highest BCUT2D eigenvalue weighted by atomic mass is 16.2. The lowest BCUT2D eigenvalue weighted by Gasteiger charge is -2.33. The number of fused-ring (bicyclic) bond motifs is 1. The van der Waals surface area contributed by atoms with Gasteiger partial charge in [0.2, 0.25) is 11.8 Å². The van der Waals surface area contributed by atoms with Gasteiger partial charge in [0.05, 0.1) is 5.52 Å². The summed E-state index contributed by atoms with van der Waals surface area (Å²) in [5, 5.41) is 11.8. The van der Waals surface area contributed by atoms with Crippen LogP contribution in [0.2, 0.25) is 0 Å². The van der Waals surface area contributed by atoms with Crippen LogP contribution in [0, 0.1) is 11.8 Å². The number of carbonyl (C=O) groups is 2. The minimum atomic E-state index is -0.837. The SMILES string of the molecule is O=C(NC1CCCCC1)C(c1cccc(C#Cc2ccccc2)c1)N(CCc1ccccc1)C(=O)Cn1nnc2ccccc21. The van der Waals surface area contributed by atoms with Gasteiger partial charge in [-0.05, 0) is 66.8 Å². The second-order valence-corrected chi connectivity index (χ2v) is 11.5. The first-order valence-corrected chi connectivity index (χ1v) is 15.7. The standard InChI is InChI=1S/C38H37N5O2/c44-36(28-43-35-22-11-10-21-34(35)40-41-43)42(26-25-30-15-6-2-7-16-30)37(38(45)39-33-19-8-3-9-20-33)32-18-12-17-31(27-32)24-23-29-13-4-1-5-14-29/h1-2,4-7,10-18,21-22,27,33,37H,3,8-9,19-20,25-26,28H2,(H,39,45). The van der Waals surface area contributed by atoms with Crippen molar-refractivity contribution in [2.45, 2.75) is 57.2 Å². The fraction of sp³-hybridized carbons (Fsp3) is 0.263. The van der Waals surface area contributed by atoms with Crippen molar-refractivity contribution < 1.29 is 9.59 Å².